The molecule has 2 N–H and O–H groups in total. The lowest BCUT2D eigenvalue weighted by atomic mass is 9.97. The maximum Gasteiger partial charge on any atom is 0.330 e. The summed E-state index contributed by atoms with van der Waals surface area (Å²) in [7, 11) is 0. The van der Waals surface area contributed by atoms with Crippen molar-refractivity contribution in [3.05, 3.63) is 76.9 Å². The van der Waals surface area contributed by atoms with Gasteiger partial charge in [-0.15, -0.1) is 0 Å². The maximum atomic E-state index is 13.0. The van der Waals surface area contributed by atoms with Crippen molar-refractivity contribution < 1.29 is 9.32 Å². The van der Waals surface area contributed by atoms with Crippen LogP contribution in [-0.4, -0.2) is 48.7 Å². The first-order chi connectivity index (χ1) is 16.1. The molecule has 0 radical (unpaired) electrons. The third-order valence-corrected chi connectivity index (χ3v) is 5.81. The number of imidazole rings is 1. The van der Waals surface area contributed by atoms with Crippen LogP contribution in [0.3, 0.4) is 0 Å². The fraction of sp³-hybridized carbons (Fsp3) is 0.261. The topological polar surface area (TPSA) is 122 Å². The standard InChI is InChI=1S/C23H23N7O3/c1-15-14-25-22(31)30(15)19-8-3-2-6-17(19)26-23(32)29-12-9-16(10-13-29)21-27-20(28-33-21)18-7-4-5-11-24-18/h2-8,11,14,16H,9-10,12-13H2,1H3,(H,25,31)(H,26,32). The molecule has 0 aliphatic carbocycles. The number of anilines is 1. The first-order valence-corrected chi connectivity index (χ1v) is 10.8. The summed E-state index contributed by atoms with van der Waals surface area (Å²) >= 11 is 0. The van der Waals surface area contributed by atoms with Gasteiger partial charge in [-0.3, -0.25) is 9.55 Å². The molecular weight excluding hydrogens is 422 g/mol. The number of carbonyl (C=O) groups excluding carboxylic acids is 1. The molecule has 0 atom stereocenters. The Labute approximate surface area is 189 Å². The number of H-pyrrole nitrogens is 1. The highest BCUT2D eigenvalue weighted by Gasteiger charge is 2.28. The molecule has 10 nitrogen and oxygen atoms in total. The second-order valence-corrected chi connectivity index (χ2v) is 7.95. The highest BCUT2D eigenvalue weighted by molar-refractivity contribution is 5.91. The van der Waals surface area contributed by atoms with Crippen molar-refractivity contribution in [2.75, 3.05) is 18.4 Å². The van der Waals surface area contributed by atoms with Gasteiger partial charge in [-0.2, -0.15) is 4.98 Å². The number of amides is 2. The van der Waals surface area contributed by atoms with Crippen molar-refractivity contribution in [1.82, 2.24) is 29.6 Å². The van der Waals surface area contributed by atoms with Crippen molar-refractivity contribution in [2.24, 2.45) is 0 Å². The summed E-state index contributed by atoms with van der Waals surface area (Å²) in [5.74, 6) is 1.13. The summed E-state index contributed by atoms with van der Waals surface area (Å²) in [5.41, 5.74) is 2.37. The summed E-state index contributed by atoms with van der Waals surface area (Å²) in [5, 5.41) is 7.00. The van der Waals surface area contributed by atoms with E-state index >= 15 is 0 Å². The van der Waals surface area contributed by atoms with Gasteiger partial charge in [0.05, 0.1) is 11.4 Å². The van der Waals surface area contributed by atoms with Gasteiger partial charge in [0.25, 0.3) is 0 Å². The third kappa shape index (κ3) is 4.14. The molecule has 1 fully saturated rings. The van der Waals surface area contributed by atoms with Gasteiger partial charge in [-0.05, 0) is 44.0 Å². The first-order valence-electron chi connectivity index (χ1n) is 10.8. The summed E-state index contributed by atoms with van der Waals surface area (Å²) in [6.45, 7) is 2.95. The summed E-state index contributed by atoms with van der Waals surface area (Å²) in [6.07, 6.45) is 4.77. The van der Waals surface area contributed by atoms with E-state index in [2.05, 4.69) is 25.4 Å². The minimum atomic E-state index is -0.250. The number of nitrogens with one attached hydrogen (secondary N) is 2. The molecule has 168 valence electrons. The van der Waals surface area contributed by atoms with E-state index in [1.807, 2.05) is 37.3 Å². The fourth-order valence-corrected chi connectivity index (χ4v) is 4.05. The quantitative estimate of drug-likeness (QED) is 0.497. The Morgan fingerprint density at radius 2 is 1.94 bits per heavy atom. The molecular formula is C23H23N7O3. The number of pyridine rings is 1. The highest BCUT2D eigenvalue weighted by Crippen LogP contribution is 2.29. The lowest BCUT2D eigenvalue weighted by Crippen LogP contribution is -2.40. The average molecular weight is 445 g/mol. The number of aromatic nitrogens is 5. The molecule has 1 aromatic carbocycles. The van der Waals surface area contributed by atoms with Gasteiger partial charge in [-0.1, -0.05) is 23.4 Å². The van der Waals surface area contributed by atoms with Crippen molar-refractivity contribution in [2.45, 2.75) is 25.7 Å². The zero-order valence-corrected chi connectivity index (χ0v) is 18.1. The number of likely N-dealkylation sites (tertiary alicyclic amines) is 1. The Balaban J connectivity index is 1.24. The number of nitrogens with zero attached hydrogens (tertiary/aromatic N) is 5. The number of benzene rings is 1. The number of hydrogen-bond acceptors (Lipinski definition) is 6. The number of urea groups is 1. The van der Waals surface area contributed by atoms with Crippen molar-refractivity contribution in [3.63, 3.8) is 0 Å². The molecule has 2 amide bonds. The number of aromatic amines is 1. The maximum absolute atomic E-state index is 13.0. The van der Waals surface area contributed by atoms with E-state index in [4.69, 9.17) is 4.52 Å². The average Bonchev–Trinajstić information content (AvgIpc) is 3.47. The molecule has 0 bridgehead atoms. The van der Waals surface area contributed by atoms with Gasteiger partial charge < -0.3 is 19.7 Å². The van der Waals surface area contributed by atoms with E-state index in [0.29, 0.717) is 41.9 Å². The lowest BCUT2D eigenvalue weighted by molar-refractivity contribution is 0.187. The van der Waals surface area contributed by atoms with E-state index in [1.165, 1.54) is 4.57 Å². The Kier molecular flexibility index (Phi) is 5.47. The van der Waals surface area contributed by atoms with Crippen LogP contribution in [0.4, 0.5) is 10.5 Å². The molecule has 33 heavy (non-hydrogen) atoms. The predicted molar refractivity (Wildman–Crippen MR) is 121 cm³/mol. The predicted octanol–water partition coefficient (Wildman–Crippen LogP) is 3.33. The summed E-state index contributed by atoms with van der Waals surface area (Å²) < 4.78 is 7.01. The van der Waals surface area contributed by atoms with Crippen LogP contribution in [0, 0.1) is 6.92 Å². The summed E-state index contributed by atoms with van der Waals surface area (Å²) in [6, 6.07) is 12.6. The Bertz CT molecular complexity index is 1320. The number of aryl methyl sites for hydroxylation is 1. The lowest BCUT2D eigenvalue weighted by Gasteiger charge is -2.30. The largest absolute Gasteiger partial charge is 0.339 e. The number of piperidine rings is 1. The SMILES string of the molecule is Cc1c[nH]c(=O)n1-c1ccccc1NC(=O)N1CCC(c2nc(-c3ccccn3)no2)CC1. The van der Waals surface area contributed by atoms with E-state index < -0.39 is 0 Å². The molecule has 1 aliphatic rings. The third-order valence-electron chi connectivity index (χ3n) is 5.81. The molecule has 5 rings (SSSR count). The molecule has 3 aromatic heterocycles. The Morgan fingerprint density at radius 1 is 1.15 bits per heavy atom. The van der Waals surface area contributed by atoms with E-state index in [9.17, 15) is 9.59 Å². The number of para-hydroxylation sites is 2. The second kappa shape index (κ2) is 8.73. The molecule has 0 saturated carbocycles. The molecule has 4 aromatic rings. The van der Waals surface area contributed by atoms with E-state index in [1.54, 1.807) is 29.4 Å². The van der Waals surface area contributed by atoms with Crippen molar-refractivity contribution >= 4 is 11.7 Å². The van der Waals surface area contributed by atoms with Gasteiger partial charge in [0, 0.05) is 37.1 Å². The van der Waals surface area contributed by atoms with Gasteiger partial charge in [0.1, 0.15) is 5.69 Å². The van der Waals surface area contributed by atoms with Crippen LogP contribution in [0.2, 0.25) is 0 Å². The molecule has 0 unspecified atom stereocenters. The van der Waals surface area contributed by atoms with Crippen LogP contribution < -0.4 is 11.0 Å². The fourth-order valence-electron chi connectivity index (χ4n) is 4.05. The molecule has 10 heteroatoms. The summed E-state index contributed by atoms with van der Waals surface area (Å²) in [4.78, 5) is 38.3. The normalized spacial score (nSPS) is 14.4. The highest BCUT2D eigenvalue weighted by atomic mass is 16.5. The molecule has 1 saturated heterocycles. The Hall–Kier alpha value is -4.21. The zero-order valence-electron chi connectivity index (χ0n) is 18.1. The smallest absolute Gasteiger partial charge is 0.330 e. The first kappa shape index (κ1) is 20.7. The van der Waals surface area contributed by atoms with E-state index in [-0.39, 0.29) is 17.6 Å². The van der Waals surface area contributed by atoms with Gasteiger partial charge in [0.2, 0.25) is 11.7 Å². The van der Waals surface area contributed by atoms with Crippen LogP contribution in [-0.2, 0) is 0 Å². The molecule has 4 heterocycles. The monoisotopic (exact) mass is 445 g/mol. The van der Waals surface area contributed by atoms with Gasteiger partial charge in [-0.25, -0.2) is 9.59 Å². The van der Waals surface area contributed by atoms with E-state index in [0.717, 1.165) is 18.5 Å². The van der Waals surface area contributed by atoms with Crippen LogP contribution in [0.5, 0.6) is 0 Å². The zero-order chi connectivity index (χ0) is 22.8. The number of carbonyl (C=O) groups is 1. The minimum Gasteiger partial charge on any atom is -0.339 e. The molecule has 0 spiro atoms. The van der Waals surface area contributed by atoms with Crippen LogP contribution in [0.25, 0.3) is 17.2 Å². The van der Waals surface area contributed by atoms with Gasteiger partial charge >= 0.3 is 11.7 Å². The minimum absolute atomic E-state index is 0.0902. The van der Waals surface area contributed by atoms with Crippen molar-refractivity contribution in [1.29, 1.82) is 0 Å². The van der Waals surface area contributed by atoms with Crippen molar-refractivity contribution in [3.8, 4) is 17.2 Å². The number of rotatable bonds is 4. The van der Waals surface area contributed by atoms with Gasteiger partial charge in [0.15, 0.2) is 0 Å². The molecule has 1 aliphatic heterocycles. The number of hydrogen-bond donors (Lipinski definition) is 2. The van der Waals surface area contributed by atoms with Crippen LogP contribution in [0.15, 0.2) is 64.2 Å². The van der Waals surface area contributed by atoms with Crippen LogP contribution in [0.1, 0.15) is 30.3 Å². The second-order valence-electron chi connectivity index (χ2n) is 7.95. The van der Waals surface area contributed by atoms with Crippen LogP contribution >= 0.6 is 0 Å². The Morgan fingerprint density at radius 3 is 2.67 bits per heavy atom.